The molecule has 0 bridgehead atoms. The number of hydrogen-bond donors (Lipinski definition) is 1. The molecule has 2 nitrogen and oxygen atoms in total. The minimum Gasteiger partial charge on any atom is -0.489 e. The predicted octanol–water partition coefficient (Wildman–Crippen LogP) is 4.84. The maximum Gasteiger partial charge on any atom is 0.124 e. The Morgan fingerprint density at radius 2 is 2.05 bits per heavy atom. The second kappa shape index (κ2) is 7.57. The van der Waals surface area contributed by atoms with Gasteiger partial charge in [0.05, 0.1) is 0 Å². The number of hydrogen-bond acceptors (Lipinski definition) is 2. The summed E-state index contributed by atoms with van der Waals surface area (Å²) in [6, 6.07) is 12.6. The van der Waals surface area contributed by atoms with Crippen LogP contribution in [0.15, 0.2) is 46.9 Å². The van der Waals surface area contributed by atoms with Gasteiger partial charge in [0.15, 0.2) is 0 Å². The van der Waals surface area contributed by atoms with Gasteiger partial charge in [-0.15, -0.1) is 0 Å². The van der Waals surface area contributed by atoms with Gasteiger partial charge < -0.3 is 10.1 Å². The lowest BCUT2D eigenvalue weighted by Gasteiger charge is -2.18. The smallest absolute Gasteiger partial charge is 0.124 e. The minimum absolute atomic E-state index is 0.0446. The van der Waals surface area contributed by atoms with Crippen LogP contribution in [0.3, 0.4) is 0 Å². The first kappa shape index (κ1) is 16.0. The zero-order valence-corrected chi connectivity index (χ0v) is 13.8. The van der Waals surface area contributed by atoms with Crippen LogP contribution in [0.5, 0.6) is 5.75 Å². The van der Waals surface area contributed by atoms with Gasteiger partial charge in [-0.05, 0) is 49.4 Å². The molecule has 0 radical (unpaired) electrons. The summed E-state index contributed by atoms with van der Waals surface area (Å²) in [7, 11) is 0. The Kier molecular flexibility index (Phi) is 5.76. The quantitative estimate of drug-likeness (QED) is 0.803. The van der Waals surface area contributed by atoms with Crippen LogP contribution in [0.2, 0.25) is 0 Å². The van der Waals surface area contributed by atoms with Crippen LogP contribution in [0, 0.1) is 5.82 Å². The highest BCUT2D eigenvalue weighted by atomic mass is 79.9. The molecule has 0 saturated heterocycles. The summed E-state index contributed by atoms with van der Waals surface area (Å²) in [4.78, 5) is 0. The van der Waals surface area contributed by atoms with Crippen molar-refractivity contribution < 1.29 is 9.13 Å². The molecular weight excluding hydrogens is 333 g/mol. The minimum atomic E-state index is -0.246. The molecule has 0 heterocycles. The summed E-state index contributed by atoms with van der Waals surface area (Å²) in [5.74, 6) is 0.467. The monoisotopic (exact) mass is 351 g/mol. The van der Waals surface area contributed by atoms with Gasteiger partial charge in [-0.2, -0.15) is 0 Å². The fourth-order valence-electron chi connectivity index (χ4n) is 2.19. The summed E-state index contributed by atoms with van der Waals surface area (Å²) in [6.07, 6.45) is 0. The van der Waals surface area contributed by atoms with Crippen molar-refractivity contribution in [3.63, 3.8) is 0 Å². The van der Waals surface area contributed by atoms with Crippen LogP contribution in [0.1, 0.15) is 31.0 Å². The van der Waals surface area contributed by atoms with E-state index < -0.39 is 0 Å². The summed E-state index contributed by atoms with van der Waals surface area (Å²) in [5, 5.41) is 3.28. The molecule has 1 atom stereocenters. The third-order valence-corrected chi connectivity index (χ3v) is 3.73. The Morgan fingerprint density at radius 3 is 2.76 bits per heavy atom. The van der Waals surface area contributed by atoms with Gasteiger partial charge in [-0.25, -0.2) is 4.39 Å². The third kappa shape index (κ3) is 4.55. The first-order valence-electron chi connectivity index (χ1n) is 7.00. The lowest BCUT2D eigenvalue weighted by atomic mass is 10.1. The fourth-order valence-corrected chi connectivity index (χ4v) is 2.64. The molecule has 2 aromatic carbocycles. The average Bonchev–Trinajstić information content (AvgIpc) is 2.46. The third-order valence-electron chi connectivity index (χ3n) is 3.23. The van der Waals surface area contributed by atoms with Gasteiger partial charge in [0.1, 0.15) is 18.2 Å². The molecule has 112 valence electrons. The zero-order valence-electron chi connectivity index (χ0n) is 12.2. The molecule has 1 N–H and O–H groups in total. The van der Waals surface area contributed by atoms with Crippen molar-refractivity contribution in [2.75, 3.05) is 6.54 Å². The molecule has 0 saturated carbocycles. The molecule has 0 aliphatic carbocycles. The molecule has 2 rings (SSSR count). The van der Waals surface area contributed by atoms with Gasteiger partial charge >= 0.3 is 0 Å². The van der Waals surface area contributed by atoms with E-state index in [9.17, 15) is 4.39 Å². The molecule has 21 heavy (non-hydrogen) atoms. The Morgan fingerprint density at radius 1 is 1.24 bits per heavy atom. The van der Waals surface area contributed by atoms with Crippen LogP contribution in [-0.4, -0.2) is 6.54 Å². The number of halogens is 2. The molecule has 0 fully saturated rings. The highest BCUT2D eigenvalue weighted by Gasteiger charge is 2.12. The second-order valence-electron chi connectivity index (χ2n) is 4.88. The first-order valence-corrected chi connectivity index (χ1v) is 7.79. The van der Waals surface area contributed by atoms with Gasteiger partial charge in [0.25, 0.3) is 0 Å². The SMILES string of the molecule is CCNC(C)c1cc(F)ccc1OCc1cccc(Br)c1. The molecule has 0 aromatic heterocycles. The fraction of sp³-hybridized carbons (Fsp3) is 0.294. The molecule has 2 aromatic rings. The molecule has 4 heteroatoms. The average molecular weight is 352 g/mol. The Labute approximate surface area is 133 Å². The van der Waals surface area contributed by atoms with Crippen LogP contribution in [-0.2, 0) is 6.61 Å². The van der Waals surface area contributed by atoms with E-state index in [0.29, 0.717) is 12.4 Å². The summed E-state index contributed by atoms with van der Waals surface area (Å²) >= 11 is 3.44. The Bertz CT molecular complexity index is 603. The molecule has 0 spiro atoms. The second-order valence-corrected chi connectivity index (χ2v) is 5.80. The summed E-state index contributed by atoms with van der Waals surface area (Å²) in [6.45, 7) is 5.31. The van der Waals surface area contributed by atoms with E-state index >= 15 is 0 Å². The van der Waals surface area contributed by atoms with Crippen LogP contribution in [0.4, 0.5) is 4.39 Å². The van der Waals surface area contributed by atoms with Gasteiger partial charge in [-0.3, -0.25) is 0 Å². The highest BCUT2D eigenvalue weighted by Crippen LogP contribution is 2.27. The largest absolute Gasteiger partial charge is 0.489 e. The van der Waals surface area contributed by atoms with E-state index in [1.807, 2.05) is 38.1 Å². The van der Waals surface area contributed by atoms with E-state index in [-0.39, 0.29) is 11.9 Å². The van der Waals surface area contributed by atoms with Crippen LogP contribution in [0.25, 0.3) is 0 Å². The van der Waals surface area contributed by atoms with Crippen molar-refractivity contribution in [3.05, 3.63) is 63.9 Å². The first-order chi connectivity index (χ1) is 10.1. The standard InChI is InChI=1S/C17H19BrFNO/c1-3-20-12(2)16-10-15(19)7-8-17(16)21-11-13-5-4-6-14(18)9-13/h4-10,12,20H,3,11H2,1-2H3. The maximum atomic E-state index is 13.5. The van der Waals surface area contributed by atoms with Crippen molar-refractivity contribution in [1.82, 2.24) is 5.32 Å². The summed E-state index contributed by atoms with van der Waals surface area (Å²) in [5.41, 5.74) is 1.91. The van der Waals surface area contributed by atoms with E-state index in [1.54, 1.807) is 6.07 Å². The number of benzene rings is 2. The topological polar surface area (TPSA) is 21.3 Å². The van der Waals surface area contributed by atoms with Gasteiger partial charge in [0.2, 0.25) is 0 Å². The van der Waals surface area contributed by atoms with E-state index in [2.05, 4.69) is 21.2 Å². The van der Waals surface area contributed by atoms with Crippen LogP contribution >= 0.6 is 15.9 Å². The molecule has 0 aliphatic heterocycles. The lowest BCUT2D eigenvalue weighted by Crippen LogP contribution is -2.18. The van der Waals surface area contributed by atoms with Gasteiger partial charge in [0, 0.05) is 16.1 Å². The normalized spacial score (nSPS) is 12.2. The zero-order chi connectivity index (χ0) is 15.2. The van der Waals surface area contributed by atoms with Crippen molar-refractivity contribution in [2.45, 2.75) is 26.5 Å². The van der Waals surface area contributed by atoms with Crippen LogP contribution < -0.4 is 10.1 Å². The Balaban J connectivity index is 2.15. The number of nitrogens with one attached hydrogen (secondary N) is 1. The molecule has 1 unspecified atom stereocenters. The highest BCUT2D eigenvalue weighted by molar-refractivity contribution is 9.10. The van der Waals surface area contributed by atoms with Gasteiger partial charge in [-0.1, -0.05) is 35.0 Å². The van der Waals surface area contributed by atoms with Crippen molar-refractivity contribution in [1.29, 1.82) is 0 Å². The van der Waals surface area contributed by atoms with Crippen molar-refractivity contribution in [3.8, 4) is 5.75 Å². The number of rotatable bonds is 6. The Hall–Kier alpha value is -1.39. The summed E-state index contributed by atoms with van der Waals surface area (Å²) < 4.78 is 20.4. The van der Waals surface area contributed by atoms with E-state index in [1.165, 1.54) is 12.1 Å². The van der Waals surface area contributed by atoms with Crippen molar-refractivity contribution >= 4 is 15.9 Å². The molecular formula is C17H19BrFNO. The maximum absolute atomic E-state index is 13.5. The molecule has 0 amide bonds. The van der Waals surface area contributed by atoms with Crippen molar-refractivity contribution in [2.24, 2.45) is 0 Å². The number of ether oxygens (including phenoxy) is 1. The van der Waals surface area contributed by atoms with E-state index in [0.717, 1.165) is 22.1 Å². The molecule has 0 aliphatic rings. The predicted molar refractivity (Wildman–Crippen MR) is 87.0 cm³/mol. The lowest BCUT2D eigenvalue weighted by molar-refractivity contribution is 0.299. The van der Waals surface area contributed by atoms with E-state index in [4.69, 9.17) is 4.74 Å².